The highest BCUT2D eigenvalue weighted by molar-refractivity contribution is 5.95. The van der Waals surface area contributed by atoms with Crippen LogP contribution in [0.5, 0.6) is 0 Å². The number of amides is 1. The number of aryl methyl sites for hydroxylation is 1. The summed E-state index contributed by atoms with van der Waals surface area (Å²) in [6, 6.07) is 20.6. The summed E-state index contributed by atoms with van der Waals surface area (Å²) in [6.45, 7) is 9.94. The number of hydrogen-bond donors (Lipinski definition) is 0. The molecule has 160 valence electrons. The predicted molar refractivity (Wildman–Crippen MR) is 124 cm³/mol. The molecular weight excluding hydrogens is 382 g/mol. The molecule has 2 aromatic carbocycles. The maximum Gasteiger partial charge on any atom is 0.272 e. The molecule has 4 nitrogen and oxygen atoms in total. The van der Waals surface area contributed by atoms with Crippen LogP contribution in [0.25, 0.3) is 16.9 Å². The third kappa shape index (κ3) is 3.69. The molecule has 2 atom stereocenters. The van der Waals surface area contributed by atoms with Gasteiger partial charge in [-0.15, -0.1) is 0 Å². The summed E-state index contributed by atoms with van der Waals surface area (Å²) in [5, 5.41) is 4.87. The quantitative estimate of drug-likeness (QED) is 0.537. The molecule has 2 bridgehead atoms. The highest BCUT2D eigenvalue weighted by Crippen LogP contribution is 2.52. The number of aromatic nitrogens is 2. The third-order valence-electron chi connectivity index (χ3n) is 6.95. The number of hydrogen-bond acceptors (Lipinski definition) is 2. The van der Waals surface area contributed by atoms with E-state index in [1.165, 1.54) is 12.0 Å². The lowest BCUT2D eigenvalue weighted by atomic mass is 9.65. The van der Waals surface area contributed by atoms with E-state index in [9.17, 15) is 4.79 Å². The fraction of sp³-hybridized carbons (Fsp3) is 0.407. The van der Waals surface area contributed by atoms with Gasteiger partial charge in [-0.1, -0.05) is 68.8 Å². The molecule has 5 rings (SSSR count). The number of nitrogens with zero attached hydrogens (tertiary/aromatic N) is 3. The van der Waals surface area contributed by atoms with Crippen molar-refractivity contribution in [1.82, 2.24) is 14.7 Å². The first-order chi connectivity index (χ1) is 14.7. The molecule has 0 N–H and O–H groups in total. The Kier molecular flexibility index (Phi) is 4.58. The molecule has 2 fully saturated rings. The van der Waals surface area contributed by atoms with Gasteiger partial charge in [0.15, 0.2) is 0 Å². The number of benzene rings is 2. The van der Waals surface area contributed by atoms with E-state index in [0.717, 1.165) is 36.3 Å². The molecule has 2 aliphatic rings. The number of carbonyl (C=O) groups is 1. The molecule has 2 unspecified atom stereocenters. The summed E-state index contributed by atoms with van der Waals surface area (Å²) in [5.74, 6) is 0.0988. The fourth-order valence-corrected chi connectivity index (χ4v) is 6.01. The number of likely N-dealkylation sites (tertiary alicyclic amines) is 1. The molecule has 0 spiro atoms. The zero-order valence-corrected chi connectivity index (χ0v) is 18.9. The lowest BCUT2D eigenvalue weighted by Gasteiger charge is -2.39. The zero-order chi connectivity index (χ0) is 21.8. The first kappa shape index (κ1) is 20.0. The number of carbonyl (C=O) groups excluding carboxylic acids is 1. The Morgan fingerprint density at radius 2 is 1.71 bits per heavy atom. The van der Waals surface area contributed by atoms with E-state index in [2.05, 4.69) is 44.7 Å². The molecule has 3 aromatic rings. The first-order valence-electron chi connectivity index (χ1n) is 11.3. The van der Waals surface area contributed by atoms with Crippen LogP contribution in [0.15, 0.2) is 60.7 Å². The first-order valence-corrected chi connectivity index (χ1v) is 11.3. The maximum atomic E-state index is 13.9. The molecule has 1 saturated heterocycles. The standard InChI is InChI=1S/C27H31N3O/c1-19-10-12-21(13-11-19)30-24(14-23(28-30)20-8-6-5-7-9-20)25(31)29-18-27(4)16-22(29)15-26(2,3)17-27/h5-14,22H,15-18H2,1-4H3. The SMILES string of the molecule is Cc1ccc(-n2nc(-c3ccccc3)cc2C(=O)N2CC3(C)CC2CC(C)(C)C3)cc1. The Morgan fingerprint density at radius 3 is 2.42 bits per heavy atom. The second kappa shape index (κ2) is 7.08. The zero-order valence-electron chi connectivity index (χ0n) is 18.9. The van der Waals surface area contributed by atoms with Crippen LogP contribution in [0.1, 0.15) is 56.1 Å². The van der Waals surface area contributed by atoms with E-state index in [0.29, 0.717) is 11.7 Å². The van der Waals surface area contributed by atoms with Crippen LogP contribution in [-0.2, 0) is 0 Å². The highest BCUT2D eigenvalue weighted by Gasteiger charge is 2.51. The van der Waals surface area contributed by atoms with Gasteiger partial charge in [0.25, 0.3) is 5.91 Å². The predicted octanol–water partition coefficient (Wildman–Crippen LogP) is 5.89. The third-order valence-corrected chi connectivity index (χ3v) is 6.95. The van der Waals surface area contributed by atoms with Crippen molar-refractivity contribution in [3.63, 3.8) is 0 Å². The average Bonchev–Trinajstić information content (AvgIpc) is 3.27. The van der Waals surface area contributed by atoms with Crippen molar-refractivity contribution in [3.05, 3.63) is 71.9 Å². The van der Waals surface area contributed by atoms with Crippen LogP contribution in [0, 0.1) is 17.8 Å². The van der Waals surface area contributed by atoms with Gasteiger partial charge in [0.2, 0.25) is 0 Å². The largest absolute Gasteiger partial charge is 0.334 e. The Hall–Kier alpha value is -2.88. The Labute approximate surface area is 184 Å². The lowest BCUT2D eigenvalue weighted by Crippen LogP contribution is -2.38. The molecular formula is C27H31N3O. The molecule has 1 aliphatic carbocycles. The van der Waals surface area contributed by atoms with Gasteiger partial charge in [-0.05, 0) is 55.2 Å². The van der Waals surface area contributed by atoms with Gasteiger partial charge in [-0.3, -0.25) is 4.79 Å². The molecule has 1 aliphatic heterocycles. The normalized spacial score (nSPS) is 24.4. The van der Waals surface area contributed by atoms with Crippen molar-refractivity contribution in [2.75, 3.05) is 6.54 Å². The number of rotatable bonds is 3. The van der Waals surface area contributed by atoms with Gasteiger partial charge in [-0.2, -0.15) is 5.10 Å². The van der Waals surface area contributed by atoms with E-state index < -0.39 is 0 Å². The van der Waals surface area contributed by atoms with Gasteiger partial charge in [0, 0.05) is 18.2 Å². The highest BCUT2D eigenvalue weighted by atomic mass is 16.2. The van der Waals surface area contributed by atoms with Gasteiger partial charge >= 0.3 is 0 Å². The van der Waals surface area contributed by atoms with Crippen LogP contribution >= 0.6 is 0 Å². The van der Waals surface area contributed by atoms with Gasteiger partial charge < -0.3 is 4.90 Å². The number of fused-ring (bicyclic) bond motifs is 2. The van der Waals surface area contributed by atoms with Crippen LogP contribution in [0.3, 0.4) is 0 Å². The molecule has 4 heteroatoms. The fourth-order valence-electron chi connectivity index (χ4n) is 6.01. The van der Waals surface area contributed by atoms with Crippen LogP contribution in [-0.4, -0.2) is 33.2 Å². The minimum atomic E-state index is 0.0988. The molecule has 0 radical (unpaired) electrons. The van der Waals surface area contributed by atoms with Crippen molar-refractivity contribution >= 4 is 5.91 Å². The summed E-state index contributed by atoms with van der Waals surface area (Å²) in [5.41, 5.74) is 5.10. The second-order valence-electron chi connectivity index (χ2n) is 10.7. The van der Waals surface area contributed by atoms with Crippen LogP contribution in [0.2, 0.25) is 0 Å². The second-order valence-corrected chi connectivity index (χ2v) is 10.7. The molecule has 1 aromatic heterocycles. The maximum absolute atomic E-state index is 13.9. The minimum absolute atomic E-state index is 0.0988. The topological polar surface area (TPSA) is 38.1 Å². The summed E-state index contributed by atoms with van der Waals surface area (Å²) in [7, 11) is 0. The van der Waals surface area contributed by atoms with E-state index in [1.807, 2.05) is 53.2 Å². The van der Waals surface area contributed by atoms with Crippen LogP contribution < -0.4 is 0 Å². The molecule has 2 heterocycles. The molecule has 1 saturated carbocycles. The summed E-state index contributed by atoms with van der Waals surface area (Å²) < 4.78 is 1.83. The van der Waals surface area contributed by atoms with Crippen LogP contribution in [0.4, 0.5) is 0 Å². The van der Waals surface area contributed by atoms with Gasteiger partial charge in [0.1, 0.15) is 5.69 Å². The van der Waals surface area contributed by atoms with Crippen molar-refractivity contribution < 1.29 is 4.79 Å². The van der Waals surface area contributed by atoms with E-state index >= 15 is 0 Å². The van der Waals surface area contributed by atoms with E-state index in [4.69, 9.17) is 5.10 Å². The molecule has 31 heavy (non-hydrogen) atoms. The summed E-state index contributed by atoms with van der Waals surface area (Å²) >= 11 is 0. The van der Waals surface area contributed by atoms with E-state index in [-0.39, 0.29) is 16.7 Å². The van der Waals surface area contributed by atoms with Gasteiger partial charge in [0.05, 0.1) is 11.4 Å². The van der Waals surface area contributed by atoms with Crippen molar-refractivity contribution in [1.29, 1.82) is 0 Å². The summed E-state index contributed by atoms with van der Waals surface area (Å²) in [6.07, 6.45) is 3.34. The minimum Gasteiger partial charge on any atom is -0.334 e. The Morgan fingerprint density at radius 1 is 1.00 bits per heavy atom. The Balaban J connectivity index is 1.57. The monoisotopic (exact) mass is 413 g/mol. The lowest BCUT2D eigenvalue weighted by molar-refractivity contribution is 0.0699. The van der Waals surface area contributed by atoms with Crippen molar-refractivity contribution in [3.8, 4) is 16.9 Å². The van der Waals surface area contributed by atoms with E-state index in [1.54, 1.807) is 0 Å². The molecule has 1 amide bonds. The van der Waals surface area contributed by atoms with Crippen molar-refractivity contribution in [2.24, 2.45) is 10.8 Å². The smallest absolute Gasteiger partial charge is 0.272 e. The van der Waals surface area contributed by atoms with Gasteiger partial charge in [-0.25, -0.2) is 4.68 Å². The average molecular weight is 414 g/mol. The van der Waals surface area contributed by atoms with Crippen molar-refractivity contribution in [2.45, 2.75) is 53.0 Å². The Bertz CT molecular complexity index is 1110. The summed E-state index contributed by atoms with van der Waals surface area (Å²) in [4.78, 5) is 16.0.